The maximum absolute atomic E-state index is 11.5. The Morgan fingerprint density at radius 2 is 1.54 bits per heavy atom. The summed E-state index contributed by atoms with van der Waals surface area (Å²) < 4.78 is 9.83. The van der Waals surface area contributed by atoms with E-state index < -0.39 is 24.3 Å². The van der Waals surface area contributed by atoms with Gasteiger partial charge >= 0.3 is 11.9 Å². The molecule has 0 saturated carbocycles. The minimum absolute atomic E-state index is 0.137. The Balaban J connectivity index is 2.10. The van der Waals surface area contributed by atoms with Crippen LogP contribution in [0.2, 0.25) is 0 Å². The molecule has 0 radical (unpaired) electrons. The Hall–Kier alpha value is -1.24. The van der Waals surface area contributed by atoms with Crippen molar-refractivity contribution in [2.45, 2.75) is 83.5 Å². The lowest BCUT2D eigenvalue weighted by atomic mass is 10.1. The van der Waals surface area contributed by atoms with Gasteiger partial charge in [0.25, 0.3) is 0 Å². The molecule has 1 rings (SSSR count). The zero-order valence-corrected chi connectivity index (χ0v) is 14.5. The second-order valence-corrected chi connectivity index (χ2v) is 6.18. The zero-order valence-electron chi connectivity index (χ0n) is 14.5. The number of carbonyl (C=O) groups excluding carboxylic acids is 2. The molecular weight excluding hydrogens is 312 g/mol. The molecule has 0 spiro atoms. The first-order valence-electron chi connectivity index (χ1n) is 9.01. The molecule has 1 unspecified atom stereocenters. The number of unbranched alkanes of at least 4 members (excludes halogenated alkanes) is 9. The first-order chi connectivity index (χ1) is 11.6. The van der Waals surface area contributed by atoms with E-state index in [-0.39, 0.29) is 5.57 Å². The van der Waals surface area contributed by atoms with Crippen molar-refractivity contribution >= 4 is 11.9 Å². The highest BCUT2D eigenvalue weighted by Crippen LogP contribution is 2.20. The molecule has 0 aromatic heterocycles. The van der Waals surface area contributed by atoms with Crippen molar-refractivity contribution in [1.82, 2.24) is 0 Å². The summed E-state index contributed by atoms with van der Waals surface area (Å²) in [6, 6.07) is 0. The summed E-state index contributed by atoms with van der Waals surface area (Å²) in [4.78, 5) is 22.9. The number of cyclic esters (lactones) is 2. The van der Waals surface area contributed by atoms with E-state index in [4.69, 9.17) is 14.9 Å². The van der Waals surface area contributed by atoms with Crippen molar-refractivity contribution in [1.29, 1.82) is 0 Å². The van der Waals surface area contributed by atoms with Crippen LogP contribution in [0.4, 0.5) is 0 Å². The van der Waals surface area contributed by atoms with E-state index in [0.717, 1.165) is 25.3 Å². The molecule has 1 fully saturated rings. The van der Waals surface area contributed by atoms with Gasteiger partial charge in [0.1, 0.15) is 0 Å². The second kappa shape index (κ2) is 12.2. The van der Waals surface area contributed by atoms with Gasteiger partial charge in [0.05, 0.1) is 5.57 Å². The summed E-state index contributed by atoms with van der Waals surface area (Å²) in [5.74, 6) is -1.67. The van der Waals surface area contributed by atoms with Crippen LogP contribution in [0.5, 0.6) is 0 Å². The molecule has 6 heteroatoms. The van der Waals surface area contributed by atoms with Crippen LogP contribution in [0.25, 0.3) is 0 Å². The number of hydrogen-bond donors (Lipinski definition) is 2. The minimum Gasteiger partial charge on any atom is -0.387 e. The Bertz CT molecular complexity index is 416. The van der Waals surface area contributed by atoms with E-state index in [1.807, 2.05) is 0 Å². The molecule has 2 N–H and O–H groups in total. The number of ether oxygens (including phenoxy) is 2. The maximum Gasteiger partial charge on any atom is 0.348 e. The van der Waals surface area contributed by atoms with Crippen LogP contribution in [0.3, 0.4) is 0 Å². The molecule has 6 nitrogen and oxygen atoms in total. The van der Waals surface area contributed by atoms with Gasteiger partial charge in [-0.3, -0.25) is 0 Å². The smallest absolute Gasteiger partial charge is 0.348 e. The average molecular weight is 342 g/mol. The quantitative estimate of drug-likeness (QED) is 0.176. The number of hydrogen-bond acceptors (Lipinski definition) is 6. The van der Waals surface area contributed by atoms with Crippen LogP contribution in [0.15, 0.2) is 11.6 Å². The molecule has 138 valence electrons. The minimum atomic E-state index is -1.82. The Kier molecular flexibility index (Phi) is 10.5. The van der Waals surface area contributed by atoms with Crippen LogP contribution in [0.1, 0.15) is 71.1 Å². The third-order valence-corrected chi connectivity index (χ3v) is 4.04. The lowest BCUT2D eigenvalue weighted by molar-refractivity contribution is -0.155. The van der Waals surface area contributed by atoms with Crippen LogP contribution in [-0.4, -0.2) is 41.2 Å². The topological polar surface area (TPSA) is 93.1 Å². The highest BCUT2D eigenvalue weighted by Gasteiger charge is 2.40. The monoisotopic (exact) mass is 342 g/mol. The first kappa shape index (κ1) is 20.8. The summed E-state index contributed by atoms with van der Waals surface area (Å²) in [6.07, 6.45) is 9.85. The van der Waals surface area contributed by atoms with Crippen molar-refractivity contribution in [2.75, 3.05) is 6.61 Å². The fourth-order valence-electron chi connectivity index (χ4n) is 2.70. The van der Waals surface area contributed by atoms with Gasteiger partial charge < -0.3 is 19.7 Å². The van der Waals surface area contributed by atoms with Gasteiger partial charge in [-0.25, -0.2) is 9.59 Å². The van der Waals surface area contributed by atoms with Crippen molar-refractivity contribution < 1.29 is 29.3 Å². The van der Waals surface area contributed by atoms with E-state index in [2.05, 4.69) is 11.7 Å². The SMILES string of the molecule is CCCCCCCCCCCCOC1C(=O)OC(=O)C1=CC(O)O. The molecule has 1 aliphatic heterocycles. The molecule has 0 aliphatic carbocycles. The van der Waals surface area contributed by atoms with Gasteiger partial charge in [0, 0.05) is 6.61 Å². The van der Waals surface area contributed by atoms with Gasteiger partial charge in [-0.15, -0.1) is 0 Å². The molecule has 0 aromatic rings. The van der Waals surface area contributed by atoms with Crippen LogP contribution in [-0.2, 0) is 19.1 Å². The van der Waals surface area contributed by atoms with Gasteiger partial charge in [0.2, 0.25) is 0 Å². The summed E-state index contributed by atoms with van der Waals surface area (Å²) in [5.41, 5.74) is -0.137. The molecule has 0 amide bonds. The molecule has 0 aromatic carbocycles. The number of esters is 2. The van der Waals surface area contributed by atoms with E-state index in [1.54, 1.807) is 0 Å². The molecule has 1 atom stereocenters. The molecular formula is C18H30O6. The van der Waals surface area contributed by atoms with E-state index in [0.29, 0.717) is 6.61 Å². The first-order valence-corrected chi connectivity index (χ1v) is 9.01. The van der Waals surface area contributed by atoms with Crippen LogP contribution < -0.4 is 0 Å². The van der Waals surface area contributed by atoms with E-state index >= 15 is 0 Å². The Labute approximate surface area is 143 Å². The highest BCUT2D eigenvalue weighted by atomic mass is 16.6. The molecule has 24 heavy (non-hydrogen) atoms. The lowest BCUT2D eigenvalue weighted by Crippen LogP contribution is -2.22. The van der Waals surface area contributed by atoms with E-state index in [9.17, 15) is 9.59 Å². The van der Waals surface area contributed by atoms with Crippen LogP contribution in [0, 0.1) is 0 Å². The number of carbonyl (C=O) groups is 2. The fourth-order valence-corrected chi connectivity index (χ4v) is 2.70. The average Bonchev–Trinajstić information content (AvgIpc) is 2.78. The molecule has 0 bridgehead atoms. The number of aliphatic hydroxyl groups is 2. The number of rotatable bonds is 13. The van der Waals surface area contributed by atoms with Gasteiger partial charge in [0.15, 0.2) is 12.4 Å². The van der Waals surface area contributed by atoms with Crippen molar-refractivity contribution in [3.05, 3.63) is 11.6 Å². The molecule has 1 aliphatic rings. The third kappa shape index (κ3) is 8.04. The number of aliphatic hydroxyl groups excluding tert-OH is 1. The fraction of sp³-hybridized carbons (Fsp3) is 0.778. The predicted molar refractivity (Wildman–Crippen MR) is 89.0 cm³/mol. The van der Waals surface area contributed by atoms with E-state index in [1.165, 1.54) is 44.9 Å². The van der Waals surface area contributed by atoms with Gasteiger partial charge in [-0.2, -0.15) is 0 Å². The van der Waals surface area contributed by atoms with Crippen molar-refractivity contribution in [3.63, 3.8) is 0 Å². The molecule has 1 heterocycles. The van der Waals surface area contributed by atoms with Crippen LogP contribution >= 0.6 is 0 Å². The normalized spacial score (nSPS) is 19.5. The summed E-state index contributed by atoms with van der Waals surface area (Å²) in [6.45, 7) is 2.55. The maximum atomic E-state index is 11.5. The Morgan fingerprint density at radius 1 is 1.00 bits per heavy atom. The lowest BCUT2D eigenvalue weighted by Gasteiger charge is -2.09. The summed E-state index contributed by atoms with van der Waals surface area (Å²) in [7, 11) is 0. The Morgan fingerprint density at radius 3 is 2.08 bits per heavy atom. The second-order valence-electron chi connectivity index (χ2n) is 6.18. The van der Waals surface area contributed by atoms with Gasteiger partial charge in [-0.1, -0.05) is 64.7 Å². The van der Waals surface area contributed by atoms with Crippen molar-refractivity contribution in [3.8, 4) is 0 Å². The summed E-state index contributed by atoms with van der Waals surface area (Å²) in [5, 5.41) is 17.8. The van der Waals surface area contributed by atoms with Crippen molar-refractivity contribution in [2.24, 2.45) is 0 Å². The molecule has 1 saturated heterocycles. The third-order valence-electron chi connectivity index (χ3n) is 4.04. The highest BCUT2D eigenvalue weighted by molar-refractivity contribution is 6.09. The standard InChI is InChI=1S/C18H30O6/c1-2-3-4-5-6-7-8-9-10-11-12-23-16-14(13-15(19)20)17(21)24-18(16)22/h13,15-16,19-20H,2-12H2,1H3. The zero-order chi connectivity index (χ0) is 17.8. The van der Waals surface area contributed by atoms with Gasteiger partial charge in [-0.05, 0) is 12.5 Å². The predicted octanol–water partition coefficient (Wildman–Crippen LogP) is 2.61. The largest absolute Gasteiger partial charge is 0.387 e. The summed E-state index contributed by atoms with van der Waals surface area (Å²) >= 11 is 0.